The summed E-state index contributed by atoms with van der Waals surface area (Å²) < 4.78 is 1.61. The topological polar surface area (TPSA) is 76.9 Å². The standard InChI is InChI=1S/C14H16N4O2/c1-10(7-18-9-15-8-16-18)14(20)17-13-5-3-12(4-6-13)11(2)19/h3-6,8-10H,7H2,1-2H3,(H,17,20)/t10-/m0/s1. The van der Waals surface area contributed by atoms with Crippen LogP contribution in [0.3, 0.4) is 0 Å². The third-order valence-electron chi connectivity index (χ3n) is 2.93. The van der Waals surface area contributed by atoms with Gasteiger partial charge in [0.05, 0.1) is 12.5 Å². The van der Waals surface area contributed by atoms with Crippen molar-refractivity contribution >= 4 is 17.4 Å². The van der Waals surface area contributed by atoms with Gasteiger partial charge in [-0.25, -0.2) is 4.98 Å². The van der Waals surface area contributed by atoms with E-state index in [4.69, 9.17) is 0 Å². The maximum atomic E-state index is 12.0. The minimum atomic E-state index is -0.232. The molecule has 2 rings (SSSR count). The van der Waals surface area contributed by atoms with Crippen LogP contribution in [0.2, 0.25) is 0 Å². The van der Waals surface area contributed by atoms with E-state index in [-0.39, 0.29) is 17.6 Å². The van der Waals surface area contributed by atoms with Gasteiger partial charge in [-0.1, -0.05) is 6.92 Å². The van der Waals surface area contributed by atoms with Crippen LogP contribution >= 0.6 is 0 Å². The molecule has 0 fully saturated rings. The van der Waals surface area contributed by atoms with Crippen molar-refractivity contribution in [3.05, 3.63) is 42.5 Å². The van der Waals surface area contributed by atoms with Crippen molar-refractivity contribution in [2.24, 2.45) is 5.92 Å². The summed E-state index contributed by atoms with van der Waals surface area (Å²) in [5, 5.41) is 6.77. The summed E-state index contributed by atoms with van der Waals surface area (Å²) in [7, 11) is 0. The van der Waals surface area contributed by atoms with Crippen molar-refractivity contribution in [3.8, 4) is 0 Å². The molecule has 1 aromatic heterocycles. The number of nitrogens with zero attached hydrogens (tertiary/aromatic N) is 3. The lowest BCUT2D eigenvalue weighted by molar-refractivity contribution is -0.119. The second-order valence-electron chi connectivity index (χ2n) is 4.64. The fourth-order valence-corrected chi connectivity index (χ4v) is 1.74. The van der Waals surface area contributed by atoms with E-state index in [0.717, 1.165) is 0 Å². The van der Waals surface area contributed by atoms with Crippen molar-refractivity contribution < 1.29 is 9.59 Å². The zero-order valence-corrected chi connectivity index (χ0v) is 11.4. The second kappa shape index (κ2) is 6.10. The maximum Gasteiger partial charge on any atom is 0.229 e. The van der Waals surface area contributed by atoms with Crippen molar-refractivity contribution in [1.29, 1.82) is 0 Å². The summed E-state index contributed by atoms with van der Waals surface area (Å²) in [4.78, 5) is 27.0. The molecule has 1 aromatic carbocycles. The minimum Gasteiger partial charge on any atom is -0.326 e. The van der Waals surface area contributed by atoms with Gasteiger partial charge < -0.3 is 5.32 Å². The van der Waals surface area contributed by atoms with Crippen LogP contribution < -0.4 is 5.32 Å². The van der Waals surface area contributed by atoms with E-state index < -0.39 is 0 Å². The minimum absolute atomic E-state index is 0.00225. The Bertz CT molecular complexity index is 590. The molecule has 1 heterocycles. The Kier molecular flexibility index (Phi) is 4.24. The Morgan fingerprint density at radius 2 is 2.00 bits per heavy atom. The quantitative estimate of drug-likeness (QED) is 0.841. The van der Waals surface area contributed by atoms with Crippen LogP contribution in [0.1, 0.15) is 24.2 Å². The summed E-state index contributed by atoms with van der Waals surface area (Å²) in [6, 6.07) is 6.83. The number of carbonyl (C=O) groups excluding carboxylic acids is 2. The van der Waals surface area contributed by atoms with Crippen LogP contribution in [0.5, 0.6) is 0 Å². The summed E-state index contributed by atoms with van der Waals surface area (Å²) in [5.74, 6) is -0.331. The smallest absolute Gasteiger partial charge is 0.229 e. The van der Waals surface area contributed by atoms with Crippen LogP contribution in [0.4, 0.5) is 5.69 Å². The zero-order valence-electron chi connectivity index (χ0n) is 11.4. The molecule has 0 aliphatic carbocycles. The van der Waals surface area contributed by atoms with Crippen LogP contribution in [-0.2, 0) is 11.3 Å². The second-order valence-corrected chi connectivity index (χ2v) is 4.64. The van der Waals surface area contributed by atoms with Gasteiger partial charge >= 0.3 is 0 Å². The van der Waals surface area contributed by atoms with Gasteiger partial charge in [0.2, 0.25) is 5.91 Å². The number of Topliss-reactive ketones (excluding diaryl/α,β-unsaturated/α-hetero) is 1. The highest BCUT2D eigenvalue weighted by Gasteiger charge is 2.14. The molecule has 6 heteroatoms. The molecule has 0 radical (unpaired) electrons. The molecule has 2 aromatic rings. The third kappa shape index (κ3) is 3.50. The summed E-state index contributed by atoms with van der Waals surface area (Å²) in [6.45, 7) is 3.80. The molecule has 0 aliphatic heterocycles. The third-order valence-corrected chi connectivity index (χ3v) is 2.93. The first kappa shape index (κ1) is 13.9. The van der Waals surface area contributed by atoms with Crippen molar-refractivity contribution in [2.45, 2.75) is 20.4 Å². The van der Waals surface area contributed by atoms with Gasteiger partial charge in [0, 0.05) is 11.3 Å². The average molecular weight is 272 g/mol. The van der Waals surface area contributed by atoms with E-state index in [0.29, 0.717) is 17.8 Å². The predicted octanol–water partition coefficient (Wildman–Crippen LogP) is 1.76. The van der Waals surface area contributed by atoms with E-state index >= 15 is 0 Å². The van der Waals surface area contributed by atoms with Crippen molar-refractivity contribution in [2.75, 3.05) is 5.32 Å². The molecule has 20 heavy (non-hydrogen) atoms. The fourth-order valence-electron chi connectivity index (χ4n) is 1.74. The summed E-state index contributed by atoms with van der Waals surface area (Å²) in [6.07, 6.45) is 3.01. The normalized spacial score (nSPS) is 11.9. The van der Waals surface area contributed by atoms with Crippen LogP contribution in [-0.4, -0.2) is 26.5 Å². The Morgan fingerprint density at radius 1 is 1.30 bits per heavy atom. The molecular weight excluding hydrogens is 256 g/mol. The lowest BCUT2D eigenvalue weighted by atomic mass is 10.1. The lowest BCUT2D eigenvalue weighted by Crippen LogP contribution is -2.24. The van der Waals surface area contributed by atoms with Gasteiger partial charge in [-0.05, 0) is 31.2 Å². The molecule has 0 spiro atoms. The van der Waals surface area contributed by atoms with Crippen molar-refractivity contribution in [1.82, 2.24) is 14.8 Å². The van der Waals surface area contributed by atoms with Gasteiger partial charge in [-0.2, -0.15) is 5.10 Å². The number of hydrogen-bond acceptors (Lipinski definition) is 4. The molecule has 1 atom stereocenters. The monoisotopic (exact) mass is 272 g/mol. The SMILES string of the molecule is CC(=O)c1ccc(NC(=O)[C@@H](C)Cn2cncn2)cc1. The Morgan fingerprint density at radius 3 is 2.55 bits per heavy atom. The van der Waals surface area contributed by atoms with E-state index in [1.54, 1.807) is 35.3 Å². The number of anilines is 1. The first-order valence-electron chi connectivity index (χ1n) is 6.30. The van der Waals surface area contributed by atoms with E-state index in [9.17, 15) is 9.59 Å². The molecule has 0 bridgehead atoms. The predicted molar refractivity (Wildman–Crippen MR) is 74.3 cm³/mol. The van der Waals surface area contributed by atoms with Crippen LogP contribution in [0.25, 0.3) is 0 Å². The van der Waals surface area contributed by atoms with E-state index in [1.807, 2.05) is 6.92 Å². The highest BCUT2D eigenvalue weighted by Crippen LogP contribution is 2.12. The number of carbonyl (C=O) groups is 2. The first-order valence-corrected chi connectivity index (χ1v) is 6.30. The summed E-state index contributed by atoms with van der Waals surface area (Å²) >= 11 is 0. The molecule has 1 N–H and O–H groups in total. The molecule has 0 aliphatic rings. The molecule has 0 unspecified atom stereocenters. The first-order chi connectivity index (χ1) is 9.56. The van der Waals surface area contributed by atoms with Crippen LogP contribution in [0.15, 0.2) is 36.9 Å². The fraction of sp³-hybridized carbons (Fsp3) is 0.286. The number of aromatic nitrogens is 3. The van der Waals surface area contributed by atoms with Crippen molar-refractivity contribution in [3.63, 3.8) is 0 Å². The summed E-state index contributed by atoms with van der Waals surface area (Å²) in [5.41, 5.74) is 1.30. The number of hydrogen-bond donors (Lipinski definition) is 1. The van der Waals surface area contributed by atoms with Gasteiger partial charge in [0.25, 0.3) is 0 Å². The zero-order chi connectivity index (χ0) is 14.5. The van der Waals surface area contributed by atoms with E-state index in [2.05, 4.69) is 15.4 Å². The molecule has 0 saturated carbocycles. The maximum absolute atomic E-state index is 12.0. The molecular formula is C14H16N4O2. The van der Waals surface area contributed by atoms with Crippen LogP contribution in [0, 0.1) is 5.92 Å². The molecule has 1 amide bonds. The Hall–Kier alpha value is -2.50. The molecule has 0 saturated heterocycles. The molecule has 6 nitrogen and oxygen atoms in total. The van der Waals surface area contributed by atoms with E-state index in [1.165, 1.54) is 13.3 Å². The lowest BCUT2D eigenvalue weighted by Gasteiger charge is -2.12. The largest absolute Gasteiger partial charge is 0.326 e. The Balaban J connectivity index is 1.95. The van der Waals surface area contributed by atoms with Gasteiger partial charge in [0.15, 0.2) is 5.78 Å². The number of rotatable bonds is 5. The highest BCUT2D eigenvalue weighted by molar-refractivity contribution is 5.96. The Labute approximate surface area is 116 Å². The van der Waals surface area contributed by atoms with Gasteiger partial charge in [-0.15, -0.1) is 0 Å². The molecule has 104 valence electrons. The van der Waals surface area contributed by atoms with Gasteiger partial charge in [-0.3, -0.25) is 14.3 Å². The number of benzene rings is 1. The average Bonchev–Trinajstić information content (AvgIpc) is 2.92. The number of ketones is 1. The highest BCUT2D eigenvalue weighted by atomic mass is 16.2. The number of amides is 1. The number of nitrogens with one attached hydrogen (secondary N) is 1. The van der Waals surface area contributed by atoms with Gasteiger partial charge in [0.1, 0.15) is 12.7 Å².